The van der Waals surface area contributed by atoms with E-state index in [9.17, 15) is 9.18 Å². The summed E-state index contributed by atoms with van der Waals surface area (Å²) in [5.41, 5.74) is 0.211. The van der Waals surface area contributed by atoms with Gasteiger partial charge in [-0.15, -0.1) is 11.3 Å². The third-order valence-corrected chi connectivity index (χ3v) is 4.00. The highest BCUT2D eigenvalue weighted by molar-refractivity contribution is 7.10. The van der Waals surface area contributed by atoms with Gasteiger partial charge in [0.15, 0.2) is 11.6 Å². The van der Waals surface area contributed by atoms with Crippen molar-refractivity contribution >= 4 is 17.2 Å². The Morgan fingerprint density at radius 3 is 2.80 bits per heavy atom. The summed E-state index contributed by atoms with van der Waals surface area (Å²) in [6, 6.07) is 8.17. The molecule has 0 saturated heterocycles. The minimum atomic E-state index is -0.538. The number of nitrogens with one attached hydrogen (secondary N) is 1. The van der Waals surface area contributed by atoms with Gasteiger partial charge in [0.25, 0.3) is 5.91 Å². The predicted octanol–water partition coefficient (Wildman–Crippen LogP) is 3.78. The number of rotatable bonds is 5. The van der Waals surface area contributed by atoms with Crippen LogP contribution in [0.4, 0.5) is 4.39 Å². The molecule has 0 bridgehead atoms. The monoisotopic (exact) mass is 293 g/mol. The van der Waals surface area contributed by atoms with Gasteiger partial charge >= 0.3 is 0 Å². The van der Waals surface area contributed by atoms with E-state index in [-0.39, 0.29) is 23.3 Å². The molecule has 0 fully saturated rings. The first-order valence-electron chi connectivity index (χ1n) is 6.34. The summed E-state index contributed by atoms with van der Waals surface area (Å²) < 4.78 is 18.6. The Bertz CT molecular complexity index is 584. The minimum absolute atomic E-state index is 0.0222. The SMILES string of the molecule is CC[C@H](NC(=O)c1cccc(F)c1OC)c1cccs1. The molecule has 0 radical (unpaired) electrons. The Kier molecular flexibility index (Phi) is 4.74. The molecule has 1 aromatic carbocycles. The standard InChI is InChI=1S/C15H16FNO2S/c1-3-12(13-8-5-9-20-13)17-15(18)10-6-4-7-11(16)14(10)19-2/h4-9,12H,3H2,1-2H3,(H,17,18)/t12-/m0/s1. The summed E-state index contributed by atoms with van der Waals surface area (Å²) >= 11 is 1.59. The van der Waals surface area contributed by atoms with Crippen molar-refractivity contribution in [3.63, 3.8) is 0 Å². The van der Waals surface area contributed by atoms with Crippen LogP contribution in [0.15, 0.2) is 35.7 Å². The van der Waals surface area contributed by atoms with E-state index in [4.69, 9.17) is 4.74 Å². The van der Waals surface area contributed by atoms with Crippen LogP contribution in [0.1, 0.15) is 34.6 Å². The first-order chi connectivity index (χ1) is 9.67. The molecule has 1 aromatic heterocycles. The summed E-state index contributed by atoms with van der Waals surface area (Å²) in [6.07, 6.45) is 0.768. The average molecular weight is 293 g/mol. The lowest BCUT2D eigenvalue weighted by atomic mass is 10.1. The molecule has 0 unspecified atom stereocenters. The Hall–Kier alpha value is -1.88. The maximum absolute atomic E-state index is 13.6. The summed E-state index contributed by atoms with van der Waals surface area (Å²) in [7, 11) is 1.35. The maximum atomic E-state index is 13.6. The summed E-state index contributed by atoms with van der Waals surface area (Å²) in [5, 5.41) is 4.88. The van der Waals surface area contributed by atoms with Crippen LogP contribution in [0.3, 0.4) is 0 Å². The van der Waals surface area contributed by atoms with Gasteiger partial charge in [-0.3, -0.25) is 4.79 Å². The van der Waals surface area contributed by atoms with Gasteiger partial charge in [0.05, 0.1) is 18.7 Å². The zero-order valence-corrected chi connectivity index (χ0v) is 12.2. The van der Waals surface area contributed by atoms with Crippen LogP contribution in [-0.2, 0) is 0 Å². The highest BCUT2D eigenvalue weighted by Gasteiger charge is 2.19. The molecule has 0 spiro atoms. The molecule has 2 aromatic rings. The second kappa shape index (κ2) is 6.52. The molecule has 1 N–H and O–H groups in total. The molecule has 1 heterocycles. The second-order valence-electron chi connectivity index (χ2n) is 4.27. The van der Waals surface area contributed by atoms with Crippen LogP contribution in [0.25, 0.3) is 0 Å². The van der Waals surface area contributed by atoms with Crippen molar-refractivity contribution in [1.29, 1.82) is 0 Å². The van der Waals surface area contributed by atoms with Crippen LogP contribution in [0.2, 0.25) is 0 Å². The van der Waals surface area contributed by atoms with Gasteiger partial charge in [0.1, 0.15) is 0 Å². The number of carbonyl (C=O) groups is 1. The lowest BCUT2D eigenvalue weighted by Gasteiger charge is -2.16. The molecule has 3 nitrogen and oxygen atoms in total. The van der Waals surface area contributed by atoms with Crippen molar-refractivity contribution in [2.45, 2.75) is 19.4 Å². The summed E-state index contributed by atoms with van der Waals surface area (Å²) in [6.45, 7) is 1.99. The fourth-order valence-corrected chi connectivity index (χ4v) is 2.86. The van der Waals surface area contributed by atoms with Gasteiger partial charge in [-0.1, -0.05) is 19.1 Å². The molecular formula is C15H16FNO2S. The molecule has 0 aliphatic carbocycles. The Morgan fingerprint density at radius 1 is 1.40 bits per heavy atom. The molecule has 0 aliphatic heterocycles. The number of ether oxygens (including phenoxy) is 1. The predicted molar refractivity (Wildman–Crippen MR) is 77.8 cm³/mol. The summed E-state index contributed by atoms with van der Waals surface area (Å²) in [5.74, 6) is -0.892. The molecule has 0 aliphatic rings. The number of carbonyl (C=O) groups excluding carboxylic acids is 1. The van der Waals surface area contributed by atoms with E-state index in [1.165, 1.54) is 19.2 Å². The molecule has 106 valence electrons. The Balaban J connectivity index is 2.22. The third kappa shape index (κ3) is 2.99. The van der Waals surface area contributed by atoms with Crippen molar-refractivity contribution in [2.24, 2.45) is 0 Å². The first kappa shape index (κ1) is 14.5. The molecule has 20 heavy (non-hydrogen) atoms. The van der Waals surface area contributed by atoms with E-state index < -0.39 is 5.82 Å². The van der Waals surface area contributed by atoms with Crippen LogP contribution in [0.5, 0.6) is 5.75 Å². The van der Waals surface area contributed by atoms with Gasteiger partial charge in [0, 0.05) is 4.88 Å². The van der Waals surface area contributed by atoms with E-state index in [0.29, 0.717) is 0 Å². The number of hydrogen-bond acceptors (Lipinski definition) is 3. The van der Waals surface area contributed by atoms with Gasteiger partial charge in [-0.2, -0.15) is 0 Å². The number of thiophene rings is 1. The maximum Gasteiger partial charge on any atom is 0.255 e. The summed E-state index contributed by atoms with van der Waals surface area (Å²) in [4.78, 5) is 13.4. The Labute approximate surface area is 121 Å². The molecular weight excluding hydrogens is 277 g/mol. The van der Waals surface area contributed by atoms with E-state index in [1.54, 1.807) is 17.4 Å². The zero-order chi connectivity index (χ0) is 14.5. The smallest absolute Gasteiger partial charge is 0.255 e. The number of amides is 1. The van der Waals surface area contributed by atoms with Gasteiger partial charge in [-0.25, -0.2) is 4.39 Å². The number of halogens is 1. The lowest BCUT2D eigenvalue weighted by Crippen LogP contribution is -2.28. The van der Waals surface area contributed by atoms with Crippen LogP contribution >= 0.6 is 11.3 Å². The minimum Gasteiger partial charge on any atom is -0.493 e. The normalized spacial score (nSPS) is 11.9. The second-order valence-corrected chi connectivity index (χ2v) is 5.25. The molecule has 0 saturated carbocycles. The quantitative estimate of drug-likeness (QED) is 0.911. The third-order valence-electron chi connectivity index (χ3n) is 3.02. The number of hydrogen-bond donors (Lipinski definition) is 1. The molecule has 5 heteroatoms. The first-order valence-corrected chi connectivity index (χ1v) is 7.22. The van der Waals surface area contributed by atoms with Crippen molar-refractivity contribution in [3.05, 3.63) is 52.0 Å². The van der Waals surface area contributed by atoms with Crippen molar-refractivity contribution in [2.75, 3.05) is 7.11 Å². The average Bonchev–Trinajstić information content (AvgIpc) is 2.98. The zero-order valence-electron chi connectivity index (χ0n) is 11.4. The Morgan fingerprint density at radius 2 is 2.20 bits per heavy atom. The number of para-hydroxylation sites is 1. The van der Waals surface area contributed by atoms with Gasteiger partial charge < -0.3 is 10.1 Å². The van der Waals surface area contributed by atoms with Crippen LogP contribution < -0.4 is 10.1 Å². The van der Waals surface area contributed by atoms with Crippen molar-refractivity contribution < 1.29 is 13.9 Å². The lowest BCUT2D eigenvalue weighted by molar-refractivity contribution is 0.0932. The van der Waals surface area contributed by atoms with E-state index in [2.05, 4.69) is 5.32 Å². The highest BCUT2D eigenvalue weighted by Crippen LogP contribution is 2.25. The molecule has 2 rings (SSSR count). The largest absolute Gasteiger partial charge is 0.493 e. The highest BCUT2D eigenvalue weighted by atomic mass is 32.1. The topological polar surface area (TPSA) is 38.3 Å². The number of benzene rings is 1. The molecule has 1 amide bonds. The van der Waals surface area contributed by atoms with Gasteiger partial charge in [0.2, 0.25) is 0 Å². The van der Waals surface area contributed by atoms with Crippen LogP contribution in [-0.4, -0.2) is 13.0 Å². The van der Waals surface area contributed by atoms with Crippen molar-refractivity contribution in [1.82, 2.24) is 5.32 Å². The van der Waals surface area contributed by atoms with Crippen molar-refractivity contribution in [3.8, 4) is 5.75 Å². The van der Waals surface area contributed by atoms with E-state index >= 15 is 0 Å². The number of methoxy groups -OCH3 is 1. The van der Waals surface area contributed by atoms with Crippen LogP contribution in [0, 0.1) is 5.82 Å². The fraction of sp³-hybridized carbons (Fsp3) is 0.267. The van der Waals surface area contributed by atoms with E-state index in [1.807, 2.05) is 24.4 Å². The molecule has 1 atom stereocenters. The fourth-order valence-electron chi connectivity index (χ4n) is 2.00. The van der Waals surface area contributed by atoms with Gasteiger partial charge in [-0.05, 0) is 30.0 Å². The van der Waals surface area contributed by atoms with E-state index in [0.717, 1.165) is 11.3 Å².